The standard InChI is InChI=1S/C14H16FN3O2/c15-5-6-20-13-9-18(10-13)14(19)8-17-12-3-1-11(7-16)2-4-12/h1-4,13,17H,5-6,8-10H2. The summed E-state index contributed by atoms with van der Waals surface area (Å²) in [6.45, 7) is 0.838. The van der Waals surface area contributed by atoms with Crippen molar-refractivity contribution in [1.82, 2.24) is 4.90 Å². The number of carbonyl (C=O) groups excluding carboxylic acids is 1. The molecule has 1 N–H and O–H groups in total. The Morgan fingerprint density at radius 2 is 2.15 bits per heavy atom. The van der Waals surface area contributed by atoms with Crippen LogP contribution >= 0.6 is 0 Å². The van der Waals surface area contributed by atoms with Crippen molar-refractivity contribution < 1.29 is 13.9 Å². The lowest BCUT2D eigenvalue weighted by molar-refractivity contribution is -0.143. The normalized spacial score (nSPS) is 14.5. The van der Waals surface area contributed by atoms with E-state index in [0.717, 1.165) is 5.69 Å². The van der Waals surface area contributed by atoms with Crippen LogP contribution in [0.3, 0.4) is 0 Å². The van der Waals surface area contributed by atoms with Crippen LogP contribution in [-0.2, 0) is 9.53 Å². The van der Waals surface area contributed by atoms with Gasteiger partial charge in [-0.1, -0.05) is 0 Å². The minimum absolute atomic E-state index is 0.0190. The molecule has 0 radical (unpaired) electrons. The number of amides is 1. The molecule has 1 heterocycles. The number of nitrogens with one attached hydrogen (secondary N) is 1. The molecular weight excluding hydrogens is 261 g/mol. The van der Waals surface area contributed by atoms with E-state index in [9.17, 15) is 9.18 Å². The van der Waals surface area contributed by atoms with Crippen molar-refractivity contribution in [2.45, 2.75) is 6.10 Å². The summed E-state index contributed by atoms with van der Waals surface area (Å²) >= 11 is 0. The summed E-state index contributed by atoms with van der Waals surface area (Å²) in [7, 11) is 0. The average Bonchev–Trinajstić information content (AvgIpc) is 2.44. The number of alkyl halides is 1. The van der Waals surface area contributed by atoms with Gasteiger partial charge in [-0.15, -0.1) is 0 Å². The number of likely N-dealkylation sites (tertiary alicyclic amines) is 1. The zero-order valence-corrected chi connectivity index (χ0v) is 11.0. The Labute approximate surface area is 116 Å². The largest absolute Gasteiger partial charge is 0.376 e. The maximum Gasteiger partial charge on any atom is 0.242 e. The molecule has 1 aliphatic rings. The second-order valence-corrected chi connectivity index (χ2v) is 4.52. The van der Waals surface area contributed by atoms with E-state index < -0.39 is 6.67 Å². The van der Waals surface area contributed by atoms with Crippen LogP contribution in [0.2, 0.25) is 0 Å². The number of anilines is 1. The smallest absolute Gasteiger partial charge is 0.242 e. The SMILES string of the molecule is N#Cc1ccc(NCC(=O)N2CC(OCCF)C2)cc1. The minimum Gasteiger partial charge on any atom is -0.376 e. The number of ether oxygens (including phenoxy) is 1. The third-order valence-electron chi connectivity index (χ3n) is 3.09. The van der Waals surface area contributed by atoms with Crippen molar-refractivity contribution in [3.8, 4) is 6.07 Å². The van der Waals surface area contributed by atoms with Gasteiger partial charge in [-0.25, -0.2) is 4.39 Å². The third kappa shape index (κ3) is 3.68. The highest BCUT2D eigenvalue weighted by molar-refractivity contribution is 5.81. The van der Waals surface area contributed by atoms with Gasteiger partial charge in [0.15, 0.2) is 0 Å². The van der Waals surface area contributed by atoms with Gasteiger partial charge in [0.2, 0.25) is 5.91 Å². The molecule has 106 valence electrons. The van der Waals surface area contributed by atoms with E-state index in [-0.39, 0.29) is 25.2 Å². The molecule has 1 saturated heterocycles. The first-order valence-corrected chi connectivity index (χ1v) is 6.42. The van der Waals surface area contributed by atoms with E-state index in [2.05, 4.69) is 5.32 Å². The Bertz CT molecular complexity index is 492. The predicted molar refractivity (Wildman–Crippen MR) is 71.9 cm³/mol. The van der Waals surface area contributed by atoms with Crippen LogP contribution < -0.4 is 5.32 Å². The molecule has 5 nitrogen and oxygen atoms in total. The Kier molecular flexibility index (Phi) is 4.91. The Morgan fingerprint density at radius 1 is 1.45 bits per heavy atom. The molecule has 6 heteroatoms. The van der Waals surface area contributed by atoms with Gasteiger partial charge in [0.25, 0.3) is 0 Å². The van der Waals surface area contributed by atoms with Crippen molar-refractivity contribution in [3.63, 3.8) is 0 Å². The molecular formula is C14H16FN3O2. The zero-order valence-electron chi connectivity index (χ0n) is 11.0. The van der Waals surface area contributed by atoms with Crippen LogP contribution in [0.15, 0.2) is 24.3 Å². The Hall–Kier alpha value is -2.13. The fraction of sp³-hybridized carbons (Fsp3) is 0.429. The highest BCUT2D eigenvalue weighted by atomic mass is 19.1. The van der Waals surface area contributed by atoms with Gasteiger partial charge < -0.3 is 15.0 Å². The molecule has 1 aliphatic heterocycles. The van der Waals surface area contributed by atoms with Crippen LogP contribution in [-0.4, -0.2) is 49.8 Å². The van der Waals surface area contributed by atoms with Crippen molar-refractivity contribution >= 4 is 11.6 Å². The van der Waals surface area contributed by atoms with Gasteiger partial charge in [-0.2, -0.15) is 5.26 Å². The van der Waals surface area contributed by atoms with Crippen LogP contribution in [0, 0.1) is 11.3 Å². The maximum atomic E-state index is 11.9. The summed E-state index contributed by atoms with van der Waals surface area (Å²) in [5.41, 5.74) is 1.38. The third-order valence-corrected chi connectivity index (χ3v) is 3.09. The van der Waals surface area contributed by atoms with E-state index in [1.54, 1.807) is 29.2 Å². The zero-order chi connectivity index (χ0) is 14.4. The lowest BCUT2D eigenvalue weighted by atomic mass is 10.1. The van der Waals surface area contributed by atoms with Crippen molar-refractivity contribution in [2.24, 2.45) is 0 Å². The van der Waals surface area contributed by atoms with Gasteiger partial charge in [-0.05, 0) is 24.3 Å². The molecule has 0 aromatic heterocycles. The van der Waals surface area contributed by atoms with E-state index in [4.69, 9.17) is 10.00 Å². The number of benzene rings is 1. The Morgan fingerprint density at radius 3 is 2.75 bits per heavy atom. The van der Waals surface area contributed by atoms with E-state index in [0.29, 0.717) is 18.7 Å². The fourth-order valence-electron chi connectivity index (χ4n) is 1.91. The van der Waals surface area contributed by atoms with Gasteiger partial charge in [-0.3, -0.25) is 4.79 Å². The van der Waals surface area contributed by atoms with Crippen molar-refractivity contribution in [2.75, 3.05) is 38.2 Å². The van der Waals surface area contributed by atoms with Gasteiger partial charge in [0, 0.05) is 18.8 Å². The van der Waals surface area contributed by atoms with Crippen LogP contribution in [0.1, 0.15) is 5.56 Å². The van der Waals surface area contributed by atoms with E-state index in [1.807, 2.05) is 6.07 Å². The molecule has 0 atom stereocenters. The first-order valence-electron chi connectivity index (χ1n) is 6.42. The molecule has 0 unspecified atom stereocenters. The average molecular weight is 277 g/mol. The summed E-state index contributed by atoms with van der Waals surface area (Å²) in [4.78, 5) is 13.5. The number of halogens is 1. The maximum absolute atomic E-state index is 11.9. The summed E-state index contributed by atoms with van der Waals surface area (Å²) in [6, 6.07) is 8.94. The van der Waals surface area contributed by atoms with Crippen LogP contribution in [0.4, 0.5) is 10.1 Å². The van der Waals surface area contributed by atoms with Gasteiger partial charge in [0.05, 0.1) is 30.9 Å². The number of hydrogen-bond donors (Lipinski definition) is 1. The lowest BCUT2D eigenvalue weighted by Crippen LogP contribution is -2.56. The van der Waals surface area contributed by atoms with E-state index >= 15 is 0 Å². The molecule has 0 saturated carbocycles. The van der Waals surface area contributed by atoms with Crippen molar-refractivity contribution in [3.05, 3.63) is 29.8 Å². The summed E-state index contributed by atoms with van der Waals surface area (Å²) < 4.78 is 17.1. The van der Waals surface area contributed by atoms with Crippen LogP contribution in [0.25, 0.3) is 0 Å². The molecule has 0 bridgehead atoms. The number of nitrogens with zero attached hydrogens (tertiary/aromatic N) is 2. The first-order chi connectivity index (χ1) is 9.72. The highest BCUT2D eigenvalue weighted by Gasteiger charge is 2.30. The number of rotatable bonds is 6. The molecule has 0 aliphatic carbocycles. The molecule has 1 amide bonds. The molecule has 20 heavy (non-hydrogen) atoms. The molecule has 2 rings (SSSR count). The second kappa shape index (κ2) is 6.87. The fourth-order valence-corrected chi connectivity index (χ4v) is 1.91. The van der Waals surface area contributed by atoms with Crippen molar-refractivity contribution in [1.29, 1.82) is 5.26 Å². The Balaban J connectivity index is 1.69. The van der Waals surface area contributed by atoms with E-state index in [1.165, 1.54) is 0 Å². The minimum atomic E-state index is -0.495. The number of nitriles is 1. The summed E-state index contributed by atoms with van der Waals surface area (Å²) in [5, 5.41) is 11.7. The summed E-state index contributed by atoms with van der Waals surface area (Å²) in [5.74, 6) is -0.0190. The molecule has 1 aromatic carbocycles. The second-order valence-electron chi connectivity index (χ2n) is 4.52. The summed E-state index contributed by atoms with van der Waals surface area (Å²) in [6.07, 6.45) is -0.0374. The lowest BCUT2D eigenvalue weighted by Gasteiger charge is -2.38. The van der Waals surface area contributed by atoms with Gasteiger partial charge in [0.1, 0.15) is 6.67 Å². The molecule has 1 aromatic rings. The predicted octanol–water partition coefficient (Wildman–Crippen LogP) is 1.17. The topological polar surface area (TPSA) is 65.4 Å². The number of hydrogen-bond acceptors (Lipinski definition) is 4. The molecule has 1 fully saturated rings. The first kappa shape index (κ1) is 14.3. The van der Waals surface area contributed by atoms with Crippen LogP contribution in [0.5, 0.6) is 0 Å². The highest BCUT2D eigenvalue weighted by Crippen LogP contribution is 2.13. The number of carbonyl (C=O) groups is 1. The van der Waals surface area contributed by atoms with Gasteiger partial charge >= 0.3 is 0 Å². The monoisotopic (exact) mass is 277 g/mol. The quantitative estimate of drug-likeness (QED) is 0.847. The molecule has 0 spiro atoms.